The van der Waals surface area contributed by atoms with E-state index in [1.165, 1.54) is 0 Å². The number of pyridine rings is 2. The number of aromatic nitrogens is 2. The van der Waals surface area contributed by atoms with Crippen LogP contribution in [-0.2, 0) is 0 Å². The summed E-state index contributed by atoms with van der Waals surface area (Å²) in [6.07, 6.45) is 2.57. The van der Waals surface area contributed by atoms with E-state index in [2.05, 4.69) is 9.97 Å². The molecule has 0 bridgehead atoms. The van der Waals surface area contributed by atoms with Gasteiger partial charge in [-0.25, -0.2) is 4.98 Å². The highest BCUT2D eigenvalue weighted by atomic mass is 16.1. The number of hydrogen-bond acceptors (Lipinski definition) is 3. The maximum absolute atomic E-state index is 10.7. The molecule has 0 radical (unpaired) electrons. The van der Waals surface area contributed by atoms with Crippen molar-refractivity contribution in [2.24, 2.45) is 0 Å². The summed E-state index contributed by atoms with van der Waals surface area (Å²) in [4.78, 5) is 19.3. The minimum Gasteiger partial charge on any atom is -0.296 e. The van der Waals surface area contributed by atoms with Gasteiger partial charge in [-0.3, -0.25) is 9.78 Å². The van der Waals surface area contributed by atoms with E-state index in [-0.39, 0.29) is 0 Å². The second-order valence-corrected chi connectivity index (χ2v) is 3.57. The van der Waals surface area contributed by atoms with Gasteiger partial charge >= 0.3 is 0 Å². The minimum atomic E-state index is 0.436. The molecular weight excluding hydrogens is 200 g/mol. The average molecular weight is 208 g/mol. The second-order valence-electron chi connectivity index (χ2n) is 3.57. The Hall–Kier alpha value is -2.29. The van der Waals surface area contributed by atoms with E-state index in [0.29, 0.717) is 5.69 Å². The first-order chi connectivity index (χ1) is 7.88. The van der Waals surface area contributed by atoms with Gasteiger partial charge in [-0.1, -0.05) is 24.3 Å². The average Bonchev–Trinajstić information content (AvgIpc) is 2.38. The molecule has 0 aliphatic rings. The van der Waals surface area contributed by atoms with E-state index in [1.807, 2.05) is 36.5 Å². The molecule has 2 aromatic heterocycles. The third-order valence-electron chi connectivity index (χ3n) is 2.57. The van der Waals surface area contributed by atoms with Gasteiger partial charge in [0.1, 0.15) is 5.69 Å². The predicted octanol–water partition coefficient (Wildman–Crippen LogP) is 2.60. The fourth-order valence-electron chi connectivity index (χ4n) is 1.80. The predicted molar refractivity (Wildman–Crippen MR) is 62.4 cm³/mol. The van der Waals surface area contributed by atoms with Crippen LogP contribution in [0.15, 0.2) is 42.6 Å². The first-order valence-electron chi connectivity index (χ1n) is 4.98. The number of rotatable bonds is 1. The number of fused-ring (bicyclic) bond motifs is 3. The third kappa shape index (κ3) is 1.26. The molecule has 3 rings (SSSR count). The fraction of sp³-hybridized carbons (Fsp3) is 0. The normalized spacial score (nSPS) is 10.8. The molecule has 0 unspecified atom stereocenters. The van der Waals surface area contributed by atoms with Crippen molar-refractivity contribution in [2.45, 2.75) is 0 Å². The molecular formula is C13H8N2O. The van der Waals surface area contributed by atoms with Crippen molar-refractivity contribution in [3.05, 3.63) is 48.3 Å². The van der Waals surface area contributed by atoms with Crippen molar-refractivity contribution >= 4 is 28.1 Å². The minimum absolute atomic E-state index is 0.436. The zero-order valence-electron chi connectivity index (χ0n) is 8.42. The van der Waals surface area contributed by atoms with Crippen LogP contribution in [0, 0.1) is 0 Å². The van der Waals surface area contributed by atoms with Crippen LogP contribution in [0.1, 0.15) is 10.5 Å². The molecule has 3 nitrogen and oxygen atoms in total. The summed E-state index contributed by atoms with van der Waals surface area (Å²) in [5, 5.41) is 2.06. The van der Waals surface area contributed by atoms with Gasteiger partial charge < -0.3 is 0 Å². The van der Waals surface area contributed by atoms with Gasteiger partial charge in [-0.2, -0.15) is 0 Å². The van der Waals surface area contributed by atoms with Gasteiger partial charge in [0, 0.05) is 17.0 Å². The van der Waals surface area contributed by atoms with Crippen LogP contribution in [0.25, 0.3) is 21.8 Å². The first kappa shape index (κ1) is 8.97. The van der Waals surface area contributed by atoms with Gasteiger partial charge in [-0.05, 0) is 12.1 Å². The van der Waals surface area contributed by atoms with Gasteiger partial charge in [0.15, 0.2) is 6.29 Å². The largest absolute Gasteiger partial charge is 0.296 e. The van der Waals surface area contributed by atoms with Gasteiger partial charge in [0.25, 0.3) is 0 Å². The molecule has 3 aromatic rings. The van der Waals surface area contributed by atoms with Gasteiger partial charge in [-0.15, -0.1) is 0 Å². The first-order valence-corrected chi connectivity index (χ1v) is 4.98. The van der Waals surface area contributed by atoms with Crippen molar-refractivity contribution in [2.75, 3.05) is 0 Å². The lowest BCUT2D eigenvalue weighted by atomic mass is 10.1. The summed E-state index contributed by atoms with van der Waals surface area (Å²) >= 11 is 0. The molecule has 0 spiro atoms. The van der Waals surface area contributed by atoms with Crippen LogP contribution < -0.4 is 0 Å². The summed E-state index contributed by atoms with van der Waals surface area (Å²) in [5.41, 5.74) is 2.03. The highest BCUT2D eigenvalue weighted by molar-refractivity contribution is 6.03. The summed E-state index contributed by atoms with van der Waals surface area (Å²) in [6, 6.07) is 11.4. The van der Waals surface area contributed by atoms with Crippen LogP contribution in [0.3, 0.4) is 0 Å². The molecule has 3 heteroatoms. The molecule has 0 aliphatic heterocycles. The molecule has 76 valence electrons. The Morgan fingerprint density at radius 2 is 1.94 bits per heavy atom. The number of carbonyl (C=O) groups excluding carboxylic acids is 1. The SMILES string of the molecule is O=Cc1ccc2ncc3ccccc3c2n1. The summed E-state index contributed by atoms with van der Waals surface area (Å²) in [7, 11) is 0. The van der Waals surface area contributed by atoms with Crippen molar-refractivity contribution in [3.8, 4) is 0 Å². The molecule has 0 fully saturated rings. The summed E-state index contributed by atoms with van der Waals surface area (Å²) < 4.78 is 0. The van der Waals surface area contributed by atoms with E-state index < -0.39 is 0 Å². The molecule has 16 heavy (non-hydrogen) atoms. The maximum atomic E-state index is 10.7. The zero-order valence-corrected chi connectivity index (χ0v) is 8.42. The Bertz CT molecular complexity index is 692. The number of carbonyl (C=O) groups is 1. The van der Waals surface area contributed by atoms with E-state index in [0.717, 1.165) is 28.1 Å². The molecule has 0 atom stereocenters. The third-order valence-corrected chi connectivity index (χ3v) is 2.57. The molecule has 0 N–H and O–H groups in total. The lowest BCUT2D eigenvalue weighted by Crippen LogP contribution is -1.90. The highest BCUT2D eigenvalue weighted by Gasteiger charge is 2.03. The molecule has 0 aliphatic carbocycles. The van der Waals surface area contributed by atoms with Crippen LogP contribution in [0.2, 0.25) is 0 Å². The van der Waals surface area contributed by atoms with Crippen LogP contribution >= 0.6 is 0 Å². The van der Waals surface area contributed by atoms with E-state index in [9.17, 15) is 4.79 Å². The van der Waals surface area contributed by atoms with E-state index in [4.69, 9.17) is 0 Å². The number of nitrogens with zero attached hydrogens (tertiary/aromatic N) is 2. The van der Waals surface area contributed by atoms with Crippen molar-refractivity contribution in [1.82, 2.24) is 9.97 Å². The van der Waals surface area contributed by atoms with E-state index in [1.54, 1.807) is 6.07 Å². The zero-order chi connectivity index (χ0) is 11.0. The Kier molecular flexibility index (Phi) is 1.90. The molecule has 0 saturated carbocycles. The number of hydrogen-bond donors (Lipinski definition) is 0. The molecule has 0 amide bonds. The number of benzene rings is 1. The van der Waals surface area contributed by atoms with Crippen molar-refractivity contribution in [3.63, 3.8) is 0 Å². The van der Waals surface area contributed by atoms with Crippen LogP contribution in [0.4, 0.5) is 0 Å². The Morgan fingerprint density at radius 1 is 1.06 bits per heavy atom. The van der Waals surface area contributed by atoms with Gasteiger partial charge in [0.2, 0.25) is 0 Å². The van der Waals surface area contributed by atoms with Crippen molar-refractivity contribution in [1.29, 1.82) is 0 Å². The molecule has 2 heterocycles. The van der Waals surface area contributed by atoms with Crippen LogP contribution in [-0.4, -0.2) is 16.3 Å². The lowest BCUT2D eigenvalue weighted by Gasteiger charge is -2.02. The Balaban J connectivity index is 2.52. The molecule has 1 aromatic carbocycles. The lowest BCUT2D eigenvalue weighted by molar-refractivity contribution is 0.111. The van der Waals surface area contributed by atoms with Crippen molar-refractivity contribution < 1.29 is 4.79 Å². The Morgan fingerprint density at radius 3 is 2.81 bits per heavy atom. The highest BCUT2D eigenvalue weighted by Crippen LogP contribution is 2.21. The van der Waals surface area contributed by atoms with Crippen LogP contribution in [0.5, 0.6) is 0 Å². The Labute approximate surface area is 91.8 Å². The quantitative estimate of drug-likeness (QED) is 0.456. The van der Waals surface area contributed by atoms with E-state index >= 15 is 0 Å². The van der Waals surface area contributed by atoms with Gasteiger partial charge in [0.05, 0.1) is 11.0 Å². The second kappa shape index (κ2) is 3.38. The number of aldehydes is 1. The summed E-state index contributed by atoms with van der Waals surface area (Å²) in [6.45, 7) is 0. The maximum Gasteiger partial charge on any atom is 0.168 e. The summed E-state index contributed by atoms with van der Waals surface area (Å²) in [5.74, 6) is 0. The smallest absolute Gasteiger partial charge is 0.168 e. The standard InChI is InChI=1S/C13H8N2O/c16-8-10-5-6-12-13(15-10)11-4-2-1-3-9(11)7-14-12/h1-8H. The monoisotopic (exact) mass is 208 g/mol. The topological polar surface area (TPSA) is 42.9 Å². The fourth-order valence-corrected chi connectivity index (χ4v) is 1.80. The molecule has 0 saturated heterocycles.